The summed E-state index contributed by atoms with van der Waals surface area (Å²) >= 11 is 1.27. The maximum atomic E-state index is 11.7. The molecule has 0 fully saturated rings. The monoisotopic (exact) mass is 276 g/mol. The van der Waals surface area contributed by atoms with Crippen molar-refractivity contribution in [1.82, 2.24) is 4.98 Å². The Labute approximate surface area is 114 Å². The molecule has 0 saturated carbocycles. The molecule has 98 valence electrons. The van der Waals surface area contributed by atoms with Gasteiger partial charge in [0.1, 0.15) is 0 Å². The van der Waals surface area contributed by atoms with Crippen LogP contribution < -0.4 is 5.32 Å². The highest BCUT2D eigenvalue weighted by molar-refractivity contribution is 7.11. The minimum absolute atomic E-state index is 0.265. The van der Waals surface area contributed by atoms with Gasteiger partial charge in [-0.1, -0.05) is 0 Å². The highest BCUT2D eigenvalue weighted by Crippen LogP contribution is 2.13. The molecule has 1 aromatic carbocycles. The van der Waals surface area contributed by atoms with Crippen LogP contribution in [-0.4, -0.2) is 23.5 Å². The summed E-state index contributed by atoms with van der Waals surface area (Å²) in [4.78, 5) is 27.1. The molecule has 19 heavy (non-hydrogen) atoms. The van der Waals surface area contributed by atoms with Gasteiger partial charge in [0.25, 0.3) is 5.91 Å². The largest absolute Gasteiger partial charge is 0.462 e. The summed E-state index contributed by atoms with van der Waals surface area (Å²) in [5.74, 6) is -0.640. The predicted molar refractivity (Wildman–Crippen MR) is 72.5 cm³/mol. The van der Waals surface area contributed by atoms with Crippen molar-refractivity contribution in [3.63, 3.8) is 0 Å². The van der Waals surface area contributed by atoms with Crippen molar-refractivity contribution in [2.45, 2.75) is 6.92 Å². The Bertz CT molecular complexity index is 564. The van der Waals surface area contributed by atoms with Crippen LogP contribution in [0.1, 0.15) is 27.1 Å². The molecule has 2 aromatic rings. The molecule has 1 amide bonds. The van der Waals surface area contributed by atoms with Crippen LogP contribution in [-0.2, 0) is 4.74 Å². The lowest BCUT2D eigenvalue weighted by Gasteiger charge is -2.05. The smallest absolute Gasteiger partial charge is 0.338 e. The van der Waals surface area contributed by atoms with Gasteiger partial charge >= 0.3 is 5.97 Å². The topological polar surface area (TPSA) is 68.3 Å². The molecule has 0 aliphatic carbocycles. The van der Waals surface area contributed by atoms with Crippen molar-refractivity contribution in [2.75, 3.05) is 11.9 Å². The van der Waals surface area contributed by atoms with E-state index in [9.17, 15) is 9.59 Å². The van der Waals surface area contributed by atoms with E-state index in [1.54, 1.807) is 42.8 Å². The minimum Gasteiger partial charge on any atom is -0.462 e. The fraction of sp³-hybridized carbons (Fsp3) is 0.154. The molecule has 2 rings (SSSR count). The number of ether oxygens (including phenoxy) is 1. The molecule has 1 heterocycles. The van der Waals surface area contributed by atoms with Crippen LogP contribution in [0.15, 0.2) is 35.8 Å². The molecule has 0 saturated heterocycles. The summed E-state index contributed by atoms with van der Waals surface area (Å²) in [7, 11) is 0. The first kappa shape index (κ1) is 13.2. The van der Waals surface area contributed by atoms with Gasteiger partial charge in [-0.05, 0) is 31.2 Å². The number of carbonyl (C=O) groups excluding carboxylic acids is 2. The van der Waals surface area contributed by atoms with Gasteiger partial charge in [0, 0.05) is 17.3 Å². The zero-order valence-electron chi connectivity index (χ0n) is 10.3. The maximum Gasteiger partial charge on any atom is 0.338 e. The van der Waals surface area contributed by atoms with E-state index in [2.05, 4.69) is 10.3 Å². The first-order valence-electron chi connectivity index (χ1n) is 5.68. The molecule has 0 atom stereocenters. The number of rotatable bonds is 4. The average molecular weight is 276 g/mol. The lowest BCUT2D eigenvalue weighted by Crippen LogP contribution is -2.11. The number of thiazole rings is 1. The summed E-state index contributed by atoms with van der Waals surface area (Å²) in [5.41, 5.74) is 1.06. The second-order valence-electron chi connectivity index (χ2n) is 3.59. The van der Waals surface area contributed by atoms with E-state index in [1.165, 1.54) is 11.3 Å². The number of benzene rings is 1. The van der Waals surface area contributed by atoms with Gasteiger partial charge in [-0.15, -0.1) is 11.3 Å². The molecule has 1 N–H and O–H groups in total. The van der Waals surface area contributed by atoms with Crippen LogP contribution in [0.25, 0.3) is 0 Å². The van der Waals surface area contributed by atoms with Crippen LogP contribution >= 0.6 is 11.3 Å². The summed E-state index contributed by atoms with van der Waals surface area (Å²) < 4.78 is 4.87. The average Bonchev–Trinajstić information content (AvgIpc) is 2.94. The van der Waals surface area contributed by atoms with Crippen LogP contribution in [0, 0.1) is 0 Å². The van der Waals surface area contributed by atoms with Crippen LogP contribution in [0.4, 0.5) is 5.69 Å². The second kappa shape index (κ2) is 6.10. The number of nitrogens with one attached hydrogen (secondary N) is 1. The number of carbonyl (C=O) groups is 2. The van der Waals surface area contributed by atoms with E-state index in [4.69, 9.17) is 4.74 Å². The summed E-state index contributed by atoms with van der Waals surface area (Å²) in [5, 5.41) is 4.83. The van der Waals surface area contributed by atoms with Crippen LogP contribution in [0.5, 0.6) is 0 Å². The Morgan fingerprint density at radius 2 is 2.05 bits per heavy atom. The van der Waals surface area contributed by atoms with Gasteiger partial charge in [-0.3, -0.25) is 4.79 Å². The number of esters is 1. The van der Waals surface area contributed by atoms with Gasteiger partial charge in [0.05, 0.1) is 12.2 Å². The molecule has 6 heteroatoms. The van der Waals surface area contributed by atoms with E-state index in [1.807, 2.05) is 0 Å². The van der Waals surface area contributed by atoms with Gasteiger partial charge < -0.3 is 10.1 Å². The van der Waals surface area contributed by atoms with E-state index in [0.717, 1.165) is 0 Å². The number of hydrogen-bond acceptors (Lipinski definition) is 5. The zero-order chi connectivity index (χ0) is 13.7. The highest BCUT2D eigenvalue weighted by atomic mass is 32.1. The van der Waals surface area contributed by atoms with Crippen molar-refractivity contribution in [2.24, 2.45) is 0 Å². The number of amides is 1. The number of hydrogen-bond donors (Lipinski definition) is 1. The molecular weight excluding hydrogens is 264 g/mol. The quantitative estimate of drug-likeness (QED) is 0.871. The zero-order valence-corrected chi connectivity index (χ0v) is 11.1. The van der Waals surface area contributed by atoms with Crippen molar-refractivity contribution in [1.29, 1.82) is 0 Å². The normalized spacial score (nSPS) is 9.95. The maximum absolute atomic E-state index is 11.7. The van der Waals surface area contributed by atoms with E-state index in [-0.39, 0.29) is 11.9 Å². The van der Waals surface area contributed by atoms with Crippen molar-refractivity contribution < 1.29 is 14.3 Å². The third kappa shape index (κ3) is 3.38. The van der Waals surface area contributed by atoms with Gasteiger partial charge in [0.15, 0.2) is 5.01 Å². The van der Waals surface area contributed by atoms with E-state index < -0.39 is 0 Å². The summed E-state index contributed by atoms with van der Waals surface area (Å²) in [6.45, 7) is 2.09. The summed E-state index contributed by atoms with van der Waals surface area (Å²) in [6, 6.07) is 6.51. The van der Waals surface area contributed by atoms with Gasteiger partial charge in [0.2, 0.25) is 0 Å². The van der Waals surface area contributed by atoms with Crippen molar-refractivity contribution in [3.8, 4) is 0 Å². The molecule has 0 bridgehead atoms. The molecule has 5 nitrogen and oxygen atoms in total. The van der Waals surface area contributed by atoms with E-state index in [0.29, 0.717) is 22.9 Å². The SMILES string of the molecule is CCOC(=O)c1ccc(NC(=O)c2nccs2)cc1. The second-order valence-corrected chi connectivity index (χ2v) is 4.48. The fourth-order valence-corrected chi connectivity index (χ4v) is 1.95. The Morgan fingerprint density at radius 1 is 1.32 bits per heavy atom. The van der Waals surface area contributed by atoms with Gasteiger partial charge in [-0.2, -0.15) is 0 Å². The Kier molecular flexibility index (Phi) is 4.25. The Balaban J connectivity index is 2.03. The third-order valence-corrected chi connectivity index (χ3v) is 3.05. The molecule has 1 aromatic heterocycles. The number of nitrogens with zero attached hydrogens (tertiary/aromatic N) is 1. The lowest BCUT2D eigenvalue weighted by molar-refractivity contribution is 0.0526. The van der Waals surface area contributed by atoms with E-state index >= 15 is 0 Å². The summed E-state index contributed by atoms with van der Waals surface area (Å²) in [6.07, 6.45) is 1.57. The van der Waals surface area contributed by atoms with Crippen molar-refractivity contribution >= 4 is 28.9 Å². The number of anilines is 1. The Morgan fingerprint density at radius 3 is 2.63 bits per heavy atom. The molecule has 0 unspecified atom stereocenters. The van der Waals surface area contributed by atoms with Crippen molar-refractivity contribution in [3.05, 3.63) is 46.4 Å². The predicted octanol–water partition coefficient (Wildman–Crippen LogP) is 2.57. The standard InChI is InChI=1S/C13H12N2O3S/c1-2-18-13(17)9-3-5-10(6-4-9)15-11(16)12-14-7-8-19-12/h3-8H,2H2,1H3,(H,15,16). The number of aromatic nitrogens is 1. The van der Waals surface area contributed by atoms with Crippen LogP contribution in [0.3, 0.4) is 0 Å². The third-order valence-electron chi connectivity index (χ3n) is 2.28. The minimum atomic E-state index is -0.375. The molecule has 0 radical (unpaired) electrons. The molecule has 0 aliphatic rings. The first-order chi connectivity index (χ1) is 9.20. The first-order valence-corrected chi connectivity index (χ1v) is 6.56. The Hall–Kier alpha value is -2.21. The highest BCUT2D eigenvalue weighted by Gasteiger charge is 2.10. The lowest BCUT2D eigenvalue weighted by atomic mass is 10.2. The molecule has 0 spiro atoms. The molecule has 0 aliphatic heterocycles. The fourth-order valence-electron chi connectivity index (χ4n) is 1.42. The van der Waals surface area contributed by atoms with Gasteiger partial charge in [-0.25, -0.2) is 9.78 Å². The molecular formula is C13H12N2O3S. The van der Waals surface area contributed by atoms with Crippen LogP contribution in [0.2, 0.25) is 0 Å².